The van der Waals surface area contributed by atoms with Crippen LogP contribution in [0.1, 0.15) is 28.5 Å². The van der Waals surface area contributed by atoms with Gasteiger partial charge in [0, 0.05) is 24.4 Å². The molecular formula is C22H21N3O5. The van der Waals surface area contributed by atoms with E-state index in [1.165, 1.54) is 18.2 Å². The minimum atomic E-state index is -0.473. The molecule has 3 rings (SSSR count). The summed E-state index contributed by atoms with van der Waals surface area (Å²) in [7, 11) is 1.55. The number of ether oxygens (including phenoxy) is 2. The van der Waals surface area contributed by atoms with E-state index in [0.717, 1.165) is 11.1 Å². The lowest BCUT2D eigenvalue weighted by atomic mass is 10.1. The van der Waals surface area contributed by atoms with Crippen molar-refractivity contribution in [2.75, 3.05) is 7.11 Å². The van der Waals surface area contributed by atoms with Crippen LogP contribution in [0.15, 0.2) is 60.8 Å². The van der Waals surface area contributed by atoms with E-state index in [-0.39, 0.29) is 18.1 Å². The van der Waals surface area contributed by atoms with Crippen LogP contribution in [0.2, 0.25) is 0 Å². The number of methoxy groups -OCH3 is 1. The monoisotopic (exact) mass is 407 g/mol. The highest BCUT2D eigenvalue weighted by molar-refractivity contribution is 6.05. The number of aryl methyl sites for hydroxylation is 1. The molecule has 0 unspecified atom stereocenters. The maximum absolute atomic E-state index is 12.3. The highest BCUT2D eigenvalue weighted by Gasteiger charge is 2.10. The van der Waals surface area contributed by atoms with Crippen molar-refractivity contribution >= 4 is 17.5 Å². The Balaban J connectivity index is 1.74. The molecule has 30 heavy (non-hydrogen) atoms. The van der Waals surface area contributed by atoms with Gasteiger partial charge in [-0.2, -0.15) is 5.10 Å². The van der Waals surface area contributed by atoms with Crippen molar-refractivity contribution in [3.05, 3.63) is 87.7 Å². The minimum absolute atomic E-state index is 0.0415. The first-order valence-corrected chi connectivity index (χ1v) is 9.30. The molecule has 8 heteroatoms. The summed E-state index contributed by atoms with van der Waals surface area (Å²) in [5.41, 5.74) is 1.88. The van der Waals surface area contributed by atoms with Gasteiger partial charge in [0.1, 0.15) is 23.8 Å². The fraction of sp³-hybridized carbons (Fsp3) is 0.182. The smallest absolute Gasteiger partial charge is 0.273 e. The van der Waals surface area contributed by atoms with E-state index >= 15 is 0 Å². The molecule has 1 aromatic heterocycles. The summed E-state index contributed by atoms with van der Waals surface area (Å²) < 4.78 is 12.8. The zero-order valence-electron chi connectivity index (χ0n) is 16.6. The van der Waals surface area contributed by atoms with Gasteiger partial charge in [-0.25, -0.2) is 0 Å². The largest absolute Gasteiger partial charge is 0.496 e. The molecule has 154 valence electrons. The summed E-state index contributed by atoms with van der Waals surface area (Å²) in [6, 6.07) is 13.1. The second kappa shape index (κ2) is 9.51. The van der Waals surface area contributed by atoms with Crippen molar-refractivity contribution in [1.82, 2.24) is 9.78 Å². The number of aromatic nitrogens is 2. The number of carbonyl (C=O) groups excluding carboxylic acids is 1. The number of ketones is 1. The number of hydrogen-bond donors (Lipinski definition) is 0. The number of carbonyl (C=O) groups is 1. The van der Waals surface area contributed by atoms with Crippen molar-refractivity contribution < 1.29 is 19.2 Å². The average molecular weight is 407 g/mol. The molecule has 3 aromatic rings. The van der Waals surface area contributed by atoms with Crippen LogP contribution in [0.4, 0.5) is 5.69 Å². The molecule has 0 spiro atoms. The van der Waals surface area contributed by atoms with Gasteiger partial charge in [0.15, 0.2) is 0 Å². The third kappa shape index (κ3) is 5.11. The molecule has 0 aliphatic carbocycles. The Bertz CT molecular complexity index is 1090. The Kier molecular flexibility index (Phi) is 6.59. The van der Waals surface area contributed by atoms with Gasteiger partial charge in [-0.3, -0.25) is 19.6 Å². The number of nitro benzene ring substituents is 1. The number of nitrogens with zero attached hydrogens (tertiary/aromatic N) is 3. The van der Waals surface area contributed by atoms with Crippen molar-refractivity contribution in [2.45, 2.75) is 20.1 Å². The maximum atomic E-state index is 12.3. The van der Waals surface area contributed by atoms with E-state index < -0.39 is 4.92 Å². The van der Waals surface area contributed by atoms with Crippen molar-refractivity contribution in [2.24, 2.45) is 0 Å². The SMILES string of the molecule is CCn1ccc(C(=O)/C=C/c2ccc(OC)c(COc3cccc([N+](=O)[O-])c3)c2)n1. The van der Waals surface area contributed by atoms with E-state index in [2.05, 4.69) is 5.10 Å². The molecule has 0 N–H and O–H groups in total. The molecule has 0 amide bonds. The van der Waals surface area contributed by atoms with Crippen molar-refractivity contribution in [3.63, 3.8) is 0 Å². The summed E-state index contributed by atoms with van der Waals surface area (Å²) in [6.45, 7) is 2.80. The highest BCUT2D eigenvalue weighted by Crippen LogP contribution is 2.25. The quantitative estimate of drug-likeness (QED) is 0.227. The number of non-ortho nitro benzene ring substituents is 1. The van der Waals surface area contributed by atoms with E-state index in [9.17, 15) is 14.9 Å². The van der Waals surface area contributed by atoms with Gasteiger partial charge >= 0.3 is 0 Å². The zero-order chi connectivity index (χ0) is 21.5. The Hall–Kier alpha value is -3.94. The number of hydrogen-bond acceptors (Lipinski definition) is 6. The molecule has 0 bridgehead atoms. The van der Waals surface area contributed by atoms with Crippen molar-refractivity contribution in [3.8, 4) is 11.5 Å². The first kappa shape index (κ1) is 20.8. The first-order valence-electron chi connectivity index (χ1n) is 9.30. The molecule has 0 aliphatic rings. The number of rotatable bonds is 9. The van der Waals surface area contributed by atoms with Crippen LogP contribution >= 0.6 is 0 Å². The van der Waals surface area contributed by atoms with Crippen LogP contribution < -0.4 is 9.47 Å². The number of nitro groups is 1. The Labute approximate surface area is 173 Å². The Morgan fingerprint density at radius 1 is 1.23 bits per heavy atom. The van der Waals surface area contributed by atoms with Gasteiger partial charge in [0.2, 0.25) is 5.78 Å². The predicted octanol–water partition coefficient (Wildman–Crippen LogP) is 4.29. The summed E-state index contributed by atoms with van der Waals surface area (Å²) in [5.74, 6) is 0.812. The number of benzene rings is 2. The standard InChI is InChI=1S/C22H21N3O5/c1-3-24-12-11-20(23-24)21(26)9-7-16-8-10-22(29-2)17(13-16)15-30-19-6-4-5-18(14-19)25(27)28/h4-14H,3,15H2,1-2H3/b9-7+. The molecule has 0 radical (unpaired) electrons. The zero-order valence-corrected chi connectivity index (χ0v) is 16.6. The van der Waals surface area contributed by atoms with Crippen LogP contribution in [0.3, 0.4) is 0 Å². The molecule has 0 saturated carbocycles. The summed E-state index contributed by atoms with van der Waals surface area (Å²) >= 11 is 0. The summed E-state index contributed by atoms with van der Waals surface area (Å²) in [5, 5.41) is 15.1. The van der Waals surface area contributed by atoms with Crippen LogP contribution in [-0.4, -0.2) is 27.6 Å². The number of allylic oxidation sites excluding steroid dienone is 1. The van der Waals surface area contributed by atoms with E-state index in [0.29, 0.717) is 23.7 Å². The normalized spacial score (nSPS) is 10.9. The fourth-order valence-electron chi connectivity index (χ4n) is 2.79. The Morgan fingerprint density at radius 3 is 2.77 bits per heavy atom. The predicted molar refractivity (Wildman–Crippen MR) is 112 cm³/mol. The molecule has 0 fully saturated rings. The van der Waals surface area contributed by atoms with Gasteiger partial charge in [-0.1, -0.05) is 18.2 Å². The molecule has 0 saturated heterocycles. The lowest BCUT2D eigenvalue weighted by molar-refractivity contribution is -0.384. The van der Waals surface area contributed by atoms with Crippen LogP contribution in [0.5, 0.6) is 11.5 Å². The minimum Gasteiger partial charge on any atom is -0.496 e. The van der Waals surface area contributed by atoms with Gasteiger partial charge in [0.25, 0.3) is 5.69 Å². The van der Waals surface area contributed by atoms with Crippen LogP contribution in [-0.2, 0) is 13.2 Å². The first-order chi connectivity index (χ1) is 14.5. The Morgan fingerprint density at radius 2 is 2.07 bits per heavy atom. The topological polar surface area (TPSA) is 96.5 Å². The lowest BCUT2D eigenvalue weighted by Gasteiger charge is -2.11. The maximum Gasteiger partial charge on any atom is 0.273 e. The average Bonchev–Trinajstić information content (AvgIpc) is 3.25. The third-order valence-corrected chi connectivity index (χ3v) is 4.37. The highest BCUT2D eigenvalue weighted by atomic mass is 16.6. The molecule has 8 nitrogen and oxygen atoms in total. The molecule has 0 atom stereocenters. The third-order valence-electron chi connectivity index (χ3n) is 4.37. The fourth-order valence-corrected chi connectivity index (χ4v) is 2.79. The molecular weight excluding hydrogens is 386 g/mol. The van der Waals surface area contributed by atoms with E-state index in [1.807, 2.05) is 19.1 Å². The van der Waals surface area contributed by atoms with Gasteiger partial charge in [-0.15, -0.1) is 0 Å². The van der Waals surface area contributed by atoms with Crippen LogP contribution in [0, 0.1) is 10.1 Å². The van der Waals surface area contributed by atoms with E-state index in [1.54, 1.807) is 48.3 Å². The van der Waals surface area contributed by atoms with Gasteiger partial charge in [-0.05, 0) is 42.8 Å². The summed E-state index contributed by atoms with van der Waals surface area (Å²) in [6.07, 6.45) is 4.93. The second-order valence-corrected chi connectivity index (χ2v) is 6.37. The van der Waals surface area contributed by atoms with Crippen LogP contribution in [0.25, 0.3) is 6.08 Å². The van der Waals surface area contributed by atoms with E-state index in [4.69, 9.17) is 9.47 Å². The molecule has 1 heterocycles. The lowest BCUT2D eigenvalue weighted by Crippen LogP contribution is -2.01. The molecule has 2 aromatic carbocycles. The van der Waals surface area contributed by atoms with Gasteiger partial charge in [0.05, 0.1) is 18.1 Å². The van der Waals surface area contributed by atoms with Gasteiger partial charge < -0.3 is 9.47 Å². The van der Waals surface area contributed by atoms with Crippen molar-refractivity contribution in [1.29, 1.82) is 0 Å². The second-order valence-electron chi connectivity index (χ2n) is 6.37. The summed E-state index contributed by atoms with van der Waals surface area (Å²) in [4.78, 5) is 22.7. The molecule has 0 aliphatic heterocycles.